The minimum absolute atomic E-state index is 0.229. The third kappa shape index (κ3) is 5.10. The highest BCUT2D eigenvalue weighted by Crippen LogP contribution is 2.30. The van der Waals surface area contributed by atoms with Crippen LogP contribution in [0.25, 0.3) is 11.3 Å². The highest BCUT2D eigenvalue weighted by molar-refractivity contribution is 5.77. The molecule has 2 heterocycles. The second kappa shape index (κ2) is 9.29. The quantitative estimate of drug-likeness (QED) is 0.597. The van der Waals surface area contributed by atoms with E-state index in [-0.39, 0.29) is 11.8 Å². The Morgan fingerprint density at radius 1 is 1.06 bits per heavy atom. The summed E-state index contributed by atoms with van der Waals surface area (Å²) in [7, 11) is 3.93. The van der Waals surface area contributed by atoms with Crippen LogP contribution in [0, 0.1) is 6.92 Å². The van der Waals surface area contributed by atoms with Crippen LogP contribution in [0.4, 0.5) is 5.95 Å². The molecule has 0 N–H and O–H groups in total. The molecule has 2 aromatic carbocycles. The van der Waals surface area contributed by atoms with Crippen molar-refractivity contribution in [3.05, 3.63) is 77.5 Å². The van der Waals surface area contributed by atoms with E-state index in [1.54, 1.807) is 0 Å². The van der Waals surface area contributed by atoms with E-state index in [4.69, 9.17) is 9.97 Å². The average molecular weight is 415 g/mol. The summed E-state index contributed by atoms with van der Waals surface area (Å²) >= 11 is 0. The molecule has 0 spiro atoms. The number of carbonyl (C=O) groups excluding carboxylic acids is 1. The van der Waals surface area contributed by atoms with Crippen LogP contribution in [0.15, 0.2) is 60.7 Å². The van der Waals surface area contributed by atoms with Crippen LogP contribution in [-0.4, -0.2) is 48.0 Å². The Balaban J connectivity index is 1.49. The van der Waals surface area contributed by atoms with Crippen LogP contribution in [0.5, 0.6) is 0 Å². The van der Waals surface area contributed by atoms with E-state index in [0.29, 0.717) is 12.4 Å². The van der Waals surface area contributed by atoms with Crippen LogP contribution in [0.1, 0.15) is 35.6 Å². The molecule has 4 rings (SSSR count). The van der Waals surface area contributed by atoms with Gasteiger partial charge in [0.1, 0.15) is 0 Å². The molecule has 0 radical (unpaired) electrons. The molecule has 5 heteroatoms. The van der Waals surface area contributed by atoms with E-state index in [1.165, 1.54) is 11.1 Å². The Kier molecular flexibility index (Phi) is 6.31. The summed E-state index contributed by atoms with van der Waals surface area (Å²) in [5.41, 5.74) is 5.48. The summed E-state index contributed by atoms with van der Waals surface area (Å²) in [4.78, 5) is 26.3. The Morgan fingerprint density at radius 3 is 2.52 bits per heavy atom. The predicted molar refractivity (Wildman–Crippen MR) is 125 cm³/mol. The summed E-state index contributed by atoms with van der Waals surface area (Å²) in [5.74, 6) is 1.18. The first-order valence-corrected chi connectivity index (χ1v) is 10.9. The number of carbonyl (C=O) groups is 1. The molecule has 1 atom stereocenters. The van der Waals surface area contributed by atoms with Crippen LogP contribution in [0.3, 0.4) is 0 Å². The topological polar surface area (TPSA) is 49.3 Å². The first kappa shape index (κ1) is 21.0. The lowest BCUT2D eigenvalue weighted by atomic mass is 10.0. The lowest BCUT2D eigenvalue weighted by Crippen LogP contribution is -2.28. The maximum absolute atomic E-state index is 12.8. The molecule has 1 fully saturated rings. The molecule has 3 aromatic rings. The van der Waals surface area contributed by atoms with Crippen molar-refractivity contribution in [2.45, 2.75) is 32.1 Å². The summed E-state index contributed by atoms with van der Waals surface area (Å²) in [6.07, 6.45) is 2.28. The molecule has 1 aromatic heterocycles. The number of rotatable bonds is 6. The van der Waals surface area contributed by atoms with E-state index in [0.717, 1.165) is 42.9 Å². The lowest BCUT2D eigenvalue weighted by Gasteiger charge is -2.18. The van der Waals surface area contributed by atoms with Crippen LogP contribution < -0.4 is 4.90 Å². The molecule has 0 unspecified atom stereocenters. The third-order valence-corrected chi connectivity index (χ3v) is 5.91. The molecule has 1 aliphatic rings. The van der Waals surface area contributed by atoms with Crippen LogP contribution >= 0.6 is 0 Å². The predicted octanol–water partition coefficient (Wildman–Crippen LogP) is 4.47. The number of anilines is 1. The van der Waals surface area contributed by atoms with Gasteiger partial charge in [0.25, 0.3) is 0 Å². The van der Waals surface area contributed by atoms with Crippen molar-refractivity contribution in [1.29, 1.82) is 0 Å². The zero-order valence-corrected chi connectivity index (χ0v) is 18.6. The molecule has 0 saturated carbocycles. The second-order valence-electron chi connectivity index (χ2n) is 8.55. The van der Waals surface area contributed by atoms with Gasteiger partial charge in [-0.1, -0.05) is 60.2 Å². The Hall–Kier alpha value is -3.21. The zero-order valence-electron chi connectivity index (χ0n) is 18.6. The fourth-order valence-corrected chi connectivity index (χ4v) is 4.02. The van der Waals surface area contributed by atoms with Gasteiger partial charge in [-0.05, 0) is 31.4 Å². The molecule has 1 aliphatic heterocycles. The molecule has 31 heavy (non-hydrogen) atoms. The summed E-state index contributed by atoms with van der Waals surface area (Å²) in [5, 5.41) is 0. The van der Waals surface area contributed by atoms with Crippen molar-refractivity contribution in [3.63, 3.8) is 0 Å². The summed E-state index contributed by atoms with van der Waals surface area (Å²) < 4.78 is 0. The molecular formula is C26H30N4O. The van der Waals surface area contributed by atoms with E-state index in [2.05, 4.69) is 49.4 Å². The molecular weight excluding hydrogens is 384 g/mol. The normalized spacial score (nSPS) is 15.8. The van der Waals surface area contributed by atoms with Crippen molar-refractivity contribution in [2.75, 3.05) is 32.1 Å². The number of benzene rings is 2. The van der Waals surface area contributed by atoms with Crippen molar-refractivity contribution < 1.29 is 4.79 Å². The van der Waals surface area contributed by atoms with Crippen molar-refractivity contribution in [1.82, 2.24) is 14.9 Å². The van der Waals surface area contributed by atoms with Crippen molar-refractivity contribution >= 4 is 11.9 Å². The third-order valence-electron chi connectivity index (χ3n) is 5.91. The molecule has 160 valence electrons. The number of nitrogens with zero attached hydrogens (tertiary/aromatic N) is 4. The SMILES string of the molecule is Cc1ccc(-c2cc([C@H]3CCN(C(=O)CCc4ccccc4)C3)nc(N(C)C)n2)cc1. The average Bonchev–Trinajstić information content (AvgIpc) is 3.29. The maximum atomic E-state index is 12.8. The molecule has 1 amide bonds. The minimum Gasteiger partial charge on any atom is -0.347 e. The fraction of sp³-hybridized carbons (Fsp3) is 0.346. The van der Waals surface area contributed by atoms with E-state index >= 15 is 0 Å². The Labute approximate surface area is 184 Å². The van der Waals surface area contributed by atoms with Gasteiger partial charge in [-0.2, -0.15) is 0 Å². The van der Waals surface area contributed by atoms with Gasteiger partial charge in [0, 0.05) is 45.1 Å². The smallest absolute Gasteiger partial charge is 0.225 e. The highest BCUT2D eigenvalue weighted by Gasteiger charge is 2.29. The van der Waals surface area contributed by atoms with Gasteiger partial charge in [-0.3, -0.25) is 4.79 Å². The Morgan fingerprint density at radius 2 is 1.81 bits per heavy atom. The monoisotopic (exact) mass is 414 g/mol. The number of aromatic nitrogens is 2. The number of hydrogen-bond donors (Lipinski definition) is 0. The van der Waals surface area contributed by atoms with E-state index in [1.807, 2.05) is 42.1 Å². The summed E-state index contributed by atoms with van der Waals surface area (Å²) in [6, 6.07) is 20.7. The number of aryl methyl sites for hydroxylation is 2. The standard InChI is InChI=1S/C26H30N4O/c1-19-9-12-21(13-10-19)23-17-24(28-26(27-23)29(2)3)22-15-16-30(18-22)25(31)14-11-20-7-5-4-6-8-20/h4-10,12-13,17,22H,11,14-16,18H2,1-3H3/t22-/m0/s1. The van der Waals surface area contributed by atoms with Gasteiger partial charge in [-0.15, -0.1) is 0 Å². The fourth-order valence-electron chi connectivity index (χ4n) is 4.02. The number of hydrogen-bond acceptors (Lipinski definition) is 4. The zero-order chi connectivity index (χ0) is 21.8. The number of likely N-dealkylation sites (tertiary alicyclic amines) is 1. The summed E-state index contributed by atoms with van der Waals surface area (Å²) in [6.45, 7) is 3.60. The van der Waals surface area contributed by atoms with Gasteiger partial charge in [0.05, 0.1) is 11.4 Å². The van der Waals surface area contributed by atoms with E-state index < -0.39 is 0 Å². The van der Waals surface area contributed by atoms with Crippen LogP contribution in [0.2, 0.25) is 0 Å². The highest BCUT2D eigenvalue weighted by atomic mass is 16.2. The first-order valence-electron chi connectivity index (χ1n) is 10.9. The van der Waals surface area contributed by atoms with Gasteiger partial charge >= 0.3 is 0 Å². The Bertz CT molecular complexity index is 1030. The van der Waals surface area contributed by atoms with Gasteiger partial charge in [-0.25, -0.2) is 9.97 Å². The number of amides is 1. The van der Waals surface area contributed by atoms with Gasteiger partial charge in [0.2, 0.25) is 11.9 Å². The lowest BCUT2D eigenvalue weighted by molar-refractivity contribution is -0.130. The van der Waals surface area contributed by atoms with Gasteiger partial charge in [0.15, 0.2) is 0 Å². The largest absolute Gasteiger partial charge is 0.347 e. The molecule has 5 nitrogen and oxygen atoms in total. The van der Waals surface area contributed by atoms with Crippen molar-refractivity contribution in [3.8, 4) is 11.3 Å². The first-order chi connectivity index (χ1) is 15.0. The van der Waals surface area contributed by atoms with Gasteiger partial charge < -0.3 is 9.80 Å². The maximum Gasteiger partial charge on any atom is 0.225 e. The molecule has 1 saturated heterocycles. The van der Waals surface area contributed by atoms with Crippen LogP contribution in [-0.2, 0) is 11.2 Å². The second-order valence-corrected chi connectivity index (χ2v) is 8.55. The molecule has 0 aliphatic carbocycles. The molecule has 0 bridgehead atoms. The van der Waals surface area contributed by atoms with Crippen molar-refractivity contribution in [2.24, 2.45) is 0 Å². The van der Waals surface area contributed by atoms with E-state index in [9.17, 15) is 4.79 Å². The minimum atomic E-state index is 0.229.